The number of Topliss-reactive ketones (excluding diaryl/α,β-unsaturated/α-hetero) is 1. The van der Waals surface area contributed by atoms with Gasteiger partial charge >= 0.3 is 0 Å². The number of carbonyl (C=O) groups excluding carboxylic acids is 1. The van der Waals surface area contributed by atoms with E-state index >= 15 is 0 Å². The second kappa shape index (κ2) is 2.67. The summed E-state index contributed by atoms with van der Waals surface area (Å²) in [6, 6.07) is 0. The lowest BCUT2D eigenvalue weighted by Gasteiger charge is -2.25. The number of oxazole rings is 1. The molecule has 2 rings (SSSR count). The van der Waals surface area contributed by atoms with E-state index in [1.807, 2.05) is 0 Å². The van der Waals surface area contributed by atoms with Crippen molar-refractivity contribution in [2.45, 2.75) is 26.7 Å². The van der Waals surface area contributed by atoms with E-state index in [2.05, 4.69) is 34.8 Å². The van der Waals surface area contributed by atoms with E-state index in [0.717, 1.165) is 6.42 Å². The van der Waals surface area contributed by atoms with Crippen LogP contribution in [0.2, 0.25) is 0 Å². The molecule has 0 atom stereocenters. The summed E-state index contributed by atoms with van der Waals surface area (Å²) in [6.07, 6.45) is 1.34. The third-order valence-electron chi connectivity index (χ3n) is 2.21. The number of halogens is 1. The maximum Gasteiger partial charge on any atom is 0.264 e. The van der Waals surface area contributed by atoms with Crippen molar-refractivity contribution in [1.29, 1.82) is 0 Å². The molecule has 0 saturated carbocycles. The third kappa shape index (κ3) is 1.55. The number of hydrogen-bond acceptors (Lipinski definition) is 3. The Kier molecular flexibility index (Phi) is 1.84. The smallest absolute Gasteiger partial charge is 0.264 e. The maximum atomic E-state index is 11.6. The lowest BCUT2D eigenvalue weighted by atomic mass is 9.78. The highest BCUT2D eigenvalue weighted by Gasteiger charge is 2.34. The van der Waals surface area contributed by atoms with Gasteiger partial charge in [0.2, 0.25) is 0 Å². The Bertz CT molecular complexity index is 368. The molecule has 0 amide bonds. The zero-order valence-electron chi connectivity index (χ0n) is 7.56. The van der Waals surface area contributed by atoms with Crippen LogP contribution in [0.25, 0.3) is 0 Å². The molecule has 1 aliphatic carbocycles. The molecule has 0 fully saturated rings. The Morgan fingerprint density at radius 1 is 1.46 bits per heavy atom. The Labute approximate surface area is 84.7 Å². The van der Waals surface area contributed by atoms with Gasteiger partial charge in [-0.1, -0.05) is 13.8 Å². The lowest BCUT2D eigenvalue weighted by Crippen LogP contribution is -2.26. The van der Waals surface area contributed by atoms with Crippen LogP contribution in [0.4, 0.5) is 0 Å². The first kappa shape index (κ1) is 8.94. The summed E-state index contributed by atoms with van der Waals surface area (Å²) in [5.41, 5.74) is 0.509. The summed E-state index contributed by atoms with van der Waals surface area (Å²) in [5.74, 6) is 0.800. The van der Waals surface area contributed by atoms with Crippen molar-refractivity contribution in [2.24, 2.45) is 5.41 Å². The molecule has 0 aliphatic heterocycles. The number of hydrogen-bond donors (Lipinski definition) is 0. The molecule has 4 heteroatoms. The second-order valence-electron chi connectivity index (χ2n) is 4.18. The van der Waals surface area contributed by atoms with E-state index < -0.39 is 0 Å². The largest absolute Gasteiger partial charge is 0.435 e. The molecule has 0 saturated heterocycles. The number of aromatic nitrogens is 1. The molecule has 1 aliphatic rings. The molecular weight excluding hydrogens is 234 g/mol. The highest BCUT2D eigenvalue weighted by Crippen LogP contribution is 2.35. The number of nitrogens with zero attached hydrogens (tertiary/aromatic N) is 1. The fourth-order valence-electron chi connectivity index (χ4n) is 1.68. The molecule has 0 aromatic carbocycles. The fourth-order valence-corrected chi connectivity index (χ4v) is 2.05. The van der Waals surface area contributed by atoms with Gasteiger partial charge < -0.3 is 4.42 Å². The van der Waals surface area contributed by atoms with E-state index in [1.165, 1.54) is 0 Å². The second-order valence-corrected chi connectivity index (χ2v) is 4.86. The van der Waals surface area contributed by atoms with E-state index in [1.54, 1.807) is 0 Å². The first-order valence-corrected chi connectivity index (χ1v) is 4.96. The molecular formula is C9H10BrNO2. The Balaban J connectivity index is 2.48. The Morgan fingerprint density at radius 3 is 2.85 bits per heavy atom. The maximum absolute atomic E-state index is 11.6. The quantitative estimate of drug-likeness (QED) is 0.704. The molecule has 70 valence electrons. The standard InChI is InChI=1S/C9H10BrNO2/c1-9(2)3-5(12)7-6(4-9)13-8(10)11-7/h3-4H2,1-2H3. The molecule has 0 unspecified atom stereocenters. The SMILES string of the molecule is CC1(C)CC(=O)c2nc(Br)oc2C1. The topological polar surface area (TPSA) is 43.1 Å². The van der Waals surface area contributed by atoms with E-state index in [4.69, 9.17) is 4.42 Å². The fraction of sp³-hybridized carbons (Fsp3) is 0.556. The van der Waals surface area contributed by atoms with Crippen molar-refractivity contribution in [3.63, 3.8) is 0 Å². The molecule has 1 aromatic rings. The first-order chi connectivity index (χ1) is 5.98. The van der Waals surface area contributed by atoms with Gasteiger partial charge in [-0.2, -0.15) is 4.98 Å². The van der Waals surface area contributed by atoms with Gasteiger partial charge in [-0.15, -0.1) is 0 Å². The lowest BCUT2D eigenvalue weighted by molar-refractivity contribution is 0.0899. The van der Waals surface area contributed by atoms with Crippen molar-refractivity contribution in [2.75, 3.05) is 0 Å². The molecule has 0 radical (unpaired) electrons. The van der Waals surface area contributed by atoms with Crippen LogP contribution in [0.5, 0.6) is 0 Å². The first-order valence-electron chi connectivity index (χ1n) is 4.16. The summed E-state index contributed by atoms with van der Waals surface area (Å²) < 4.78 is 5.30. The van der Waals surface area contributed by atoms with E-state index in [9.17, 15) is 4.79 Å². The van der Waals surface area contributed by atoms with Gasteiger partial charge in [-0.25, -0.2) is 0 Å². The monoisotopic (exact) mass is 243 g/mol. The number of fused-ring (bicyclic) bond motifs is 1. The zero-order valence-corrected chi connectivity index (χ0v) is 9.14. The molecule has 13 heavy (non-hydrogen) atoms. The highest BCUT2D eigenvalue weighted by molar-refractivity contribution is 9.10. The molecule has 1 aromatic heterocycles. The van der Waals surface area contributed by atoms with Gasteiger partial charge in [0.15, 0.2) is 5.78 Å². The predicted molar refractivity (Wildman–Crippen MR) is 50.6 cm³/mol. The van der Waals surface area contributed by atoms with Crippen LogP contribution in [0, 0.1) is 5.41 Å². The zero-order chi connectivity index (χ0) is 9.64. The normalized spacial score (nSPS) is 20.1. The predicted octanol–water partition coefficient (Wildman–Crippen LogP) is 2.59. The van der Waals surface area contributed by atoms with E-state index in [0.29, 0.717) is 22.7 Å². The van der Waals surface area contributed by atoms with Crippen LogP contribution in [0.15, 0.2) is 9.22 Å². The van der Waals surface area contributed by atoms with Crippen LogP contribution in [-0.4, -0.2) is 10.8 Å². The van der Waals surface area contributed by atoms with Crippen molar-refractivity contribution in [3.05, 3.63) is 16.3 Å². The van der Waals surface area contributed by atoms with Crippen LogP contribution in [0.3, 0.4) is 0 Å². The van der Waals surface area contributed by atoms with E-state index in [-0.39, 0.29) is 11.2 Å². The van der Waals surface area contributed by atoms with Gasteiger partial charge in [-0.3, -0.25) is 4.79 Å². The third-order valence-corrected chi connectivity index (χ3v) is 2.55. The average molecular weight is 244 g/mol. The number of ketones is 1. The molecule has 3 nitrogen and oxygen atoms in total. The van der Waals surface area contributed by atoms with Crippen molar-refractivity contribution >= 4 is 21.7 Å². The minimum atomic E-state index is 0.00303. The van der Waals surface area contributed by atoms with Gasteiger partial charge in [0.05, 0.1) is 0 Å². The van der Waals surface area contributed by atoms with Crippen molar-refractivity contribution in [3.8, 4) is 0 Å². The van der Waals surface area contributed by atoms with Gasteiger partial charge in [0.1, 0.15) is 11.5 Å². The average Bonchev–Trinajstić information content (AvgIpc) is 2.27. The molecule has 1 heterocycles. The Morgan fingerprint density at radius 2 is 2.15 bits per heavy atom. The Hall–Kier alpha value is -0.640. The van der Waals surface area contributed by atoms with Crippen LogP contribution >= 0.6 is 15.9 Å². The van der Waals surface area contributed by atoms with Gasteiger partial charge in [0.25, 0.3) is 4.80 Å². The minimum absolute atomic E-state index is 0.00303. The van der Waals surface area contributed by atoms with Crippen molar-refractivity contribution < 1.29 is 9.21 Å². The minimum Gasteiger partial charge on any atom is -0.435 e. The summed E-state index contributed by atoms with van der Waals surface area (Å²) in [5, 5.41) is 0. The molecule has 0 spiro atoms. The number of rotatable bonds is 0. The van der Waals surface area contributed by atoms with Crippen LogP contribution in [-0.2, 0) is 6.42 Å². The number of carbonyl (C=O) groups is 1. The van der Waals surface area contributed by atoms with Crippen molar-refractivity contribution in [1.82, 2.24) is 4.98 Å². The highest BCUT2D eigenvalue weighted by atomic mass is 79.9. The van der Waals surface area contributed by atoms with Crippen LogP contribution < -0.4 is 0 Å². The summed E-state index contributed by atoms with van der Waals surface area (Å²) in [7, 11) is 0. The summed E-state index contributed by atoms with van der Waals surface area (Å²) in [4.78, 5) is 16.0. The molecule has 0 N–H and O–H groups in total. The van der Waals surface area contributed by atoms with Gasteiger partial charge in [-0.05, 0) is 5.41 Å². The molecule has 0 bridgehead atoms. The van der Waals surface area contributed by atoms with Gasteiger partial charge in [0, 0.05) is 28.8 Å². The van der Waals surface area contributed by atoms with Crippen LogP contribution in [0.1, 0.15) is 36.5 Å². The summed E-state index contributed by atoms with van der Waals surface area (Å²) in [6.45, 7) is 4.12. The summed E-state index contributed by atoms with van der Waals surface area (Å²) >= 11 is 3.13.